The standard InChI is InChI=1S/C9H8BrN3.C9H9N3O.C9H19N.C7H7IO/c10-7-8-3-1-2-4-9(8)13-11-5-6-12-13;13-7-8-3-1-2-4-9(8)12-10-5-6-11-12;1-3-8-6-4-5-7-9(8)10-2;8-7-4-2-1-3-6(7)5-9/h1-6H,7H2;1-6,13H,7H2;8-10H,3-7H2,1-2H3;1-4,9H,5H2/t;;8-,9-;/m..1./s1. The fourth-order valence-electron chi connectivity index (χ4n) is 5.04. The maximum atomic E-state index is 9.05. The monoisotopic (exact) mass is 787 g/mol. The molecule has 240 valence electrons. The molecule has 2 heterocycles. The largest absolute Gasteiger partial charge is 0.392 e. The summed E-state index contributed by atoms with van der Waals surface area (Å²) in [5.74, 6) is 0.957. The highest BCUT2D eigenvalue weighted by molar-refractivity contribution is 14.1. The number of hydrogen-bond acceptors (Lipinski definition) is 7. The van der Waals surface area contributed by atoms with E-state index in [1.54, 1.807) is 29.6 Å². The fraction of sp³-hybridized carbons (Fsp3) is 0.353. The Morgan fingerprint density at radius 2 is 1.20 bits per heavy atom. The summed E-state index contributed by atoms with van der Waals surface area (Å²) in [5, 5.41) is 38.1. The van der Waals surface area contributed by atoms with Crippen LogP contribution in [0.4, 0.5) is 0 Å². The lowest BCUT2D eigenvalue weighted by Gasteiger charge is -2.30. The van der Waals surface area contributed by atoms with E-state index in [1.165, 1.54) is 42.5 Å². The van der Waals surface area contributed by atoms with Crippen molar-refractivity contribution in [1.82, 2.24) is 35.3 Å². The second kappa shape index (κ2) is 20.9. The molecule has 3 N–H and O–H groups in total. The summed E-state index contributed by atoms with van der Waals surface area (Å²) in [4.78, 5) is 3.11. The van der Waals surface area contributed by atoms with Crippen LogP contribution in [0.2, 0.25) is 0 Å². The molecule has 0 aliphatic heterocycles. The average molecular weight is 789 g/mol. The smallest absolute Gasteiger partial charge is 0.0911 e. The second-order valence-electron chi connectivity index (χ2n) is 10.3. The van der Waals surface area contributed by atoms with Crippen molar-refractivity contribution >= 4 is 38.5 Å². The zero-order valence-corrected chi connectivity index (χ0v) is 29.6. The molecule has 2 atom stereocenters. The van der Waals surface area contributed by atoms with Crippen molar-refractivity contribution < 1.29 is 10.2 Å². The molecule has 45 heavy (non-hydrogen) atoms. The molecule has 0 unspecified atom stereocenters. The summed E-state index contributed by atoms with van der Waals surface area (Å²) in [5.41, 5.74) is 4.83. The van der Waals surface area contributed by atoms with Crippen molar-refractivity contribution in [3.63, 3.8) is 0 Å². The van der Waals surface area contributed by atoms with Gasteiger partial charge in [-0.05, 0) is 77.7 Å². The molecule has 1 aliphatic rings. The average Bonchev–Trinajstić information content (AvgIpc) is 3.85. The molecular weight excluding hydrogens is 745 g/mol. The summed E-state index contributed by atoms with van der Waals surface area (Å²) in [7, 11) is 2.10. The third-order valence-corrected chi connectivity index (χ3v) is 9.15. The van der Waals surface area contributed by atoms with E-state index in [2.05, 4.69) is 78.2 Å². The van der Waals surface area contributed by atoms with Gasteiger partial charge in [-0.15, -0.1) is 0 Å². The number of alkyl halides is 1. The number of benzene rings is 3. The molecule has 1 aliphatic carbocycles. The van der Waals surface area contributed by atoms with E-state index in [-0.39, 0.29) is 13.2 Å². The molecule has 9 nitrogen and oxygen atoms in total. The van der Waals surface area contributed by atoms with Gasteiger partial charge in [-0.2, -0.15) is 30.0 Å². The number of para-hydroxylation sites is 2. The molecule has 5 aromatic rings. The summed E-state index contributed by atoms with van der Waals surface area (Å²) in [6, 6.07) is 24.1. The topological polar surface area (TPSA) is 114 Å². The van der Waals surface area contributed by atoms with Gasteiger partial charge in [0.15, 0.2) is 0 Å². The Hall–Kier alpha value is -2.97. The van der Waals surface area contributed by atoms with Gasteiger partial charge in [0.2, 0.25) is 0 Å². The third-order valence-electron chi connectivity index (χ3n) is 7.50. The number of hydrogen-bond donors (Lipinski definition) is 3. The molecule has 6 rings (SSSR count). The first-order valence-corrected chi connectivity index (χ1v) is 17.3. The van der Waals surface area contributed by atoms with Crippen molar-refractivity contribution in [2.45, 2.75) is 63.6 Å². The van der Waals surface area contributed by atoms with Crippen LogP contribution >= 0.6 is 38.5 Å². The predicted molar refractivity (Wildman–Crippen MR) is 191 cm³/mol. The predicted octanol–water partition coefficient (Wildman–Crippen LogP) is 6.88. The number of rotatable bonds is 7. The molecule has 0 amide bonds. The van der Waals surface area contributed by atoms with E-state index in [0.717, 1.165) is 43.4 Å². The molecule has 3 aromatic carbocycles. The van der Waals surface area contributed by atoms with Crippen LogP contribution < -0.4 is 5.32 Å². The first-order chi connectivity index (χ1) is 22.1. The molecule has 0 radical (unpaired) electrons. The van der Waals surface area contributed by atoms with E-state index in [4.69, 9.17) is 10.2 Å². The summed E-state index contributed by atoms with van der Waals surface area (Å²) >= 11 is 5.63. The second-order valence-corrected chi connectivity index (χ2v) is 12.0. The van der Waals surface area contributed by atoms with Crippen LogP contribution in [0.25, 0.3) is 11.4 Å². The third kappa shape index (κ3) is 11.7. The molecule has 0 saturated heterocycles. The van der Waals surface area contributed by atoms with Crippen LogP contribution in [-0.4, -0.2) is 53.3 Å². The molecule has 0 spiro atoms. The van der Waals surface area contributed by atoms with Gasteiger partial charge in [-0.1, -0.05) is 96.7 Å². The summed E-state index contributed by atoms with van der Waals surface area (Å²) in [6.07, 6.45) is 13.6. The van der Waals surface area contributed by atoms with Gasteiger partial charge in [0.05, 0.1) is 49.4 Å². The zero-order valence-electron chi connectivity index (χ0n) is 25.9. The van der Waals surface area contributed by atoms with Crippen molar-refractivity contribution in [1.29, 1.82) is 0 Å². The number of aromatic nitrogens is 6. The Balaban J connectivity index is 0.000000166. The Kier molecular flexibility index (Phi) is 17.0. The van der Waals surface area contributed by atoms with Gasteiger partial charge in [-0.3, -0.25) is 0 Å². The quantitative estimate of drug-likeness (QED) is 0.122. The normalized spacial score (nSPS) is 15.4. The van der Waals surface area contributed by atoms with Gasteiger partial charge >= 0.3 is 0 Å². The number of nitrogens with zero attached hydrogens (tertiary/aromatic N) is 6. The molecule has 2 aromatic heterocycles. The first-order valence-electron chi connectivity index (χ1n) is 15.1. The summed E-state index contributed by atoms with van der Waals surface area (Å²) in [6.45, 7) is 2.44. The first kappa shape index (κ1) is 36.5. The van der Waals surface area contributed by atoms with E-state index in [1.807, 2.05) is 72.8 Å². The maximum absolute atomic E-state index is 9.05. The fourth-order valence-corrected chi connectivity index (χ4v) is 6.07. The Bertz CT molecular complexity index is 1400. The van der Waals surface area contributed by atoms with Gasteiger partial charge in [0.1, 0.15) is 0 Å². The molecule has 1 saturated carbocycles. The van der Waals surface area contributed by atoms with Crippen LogP contribution in [0, 0.1) is 9.49 Å². The SMILES string of the molecule is BrCc1ccccc1-n1nccn1.CC[C@@H]1CCCC[C@H]1NC.OCc1ccccc1-n1nccn1.OCc1ccccc1I. The molecule has 0 bridgehead atoms. The highest BCUT2D eigenvalue weighted by Gasteiger charge is 2.21. The van der Waals surface area contributed by atoms with E-state index < -0.39 is 0 Å². The summed E-state index contributed by atoms with van der Waals surface area (Å²) < 4.78 is 1.12. The van der Waals surface area contributed by atoms with Gasteiger partial charge in [0.25, 0.3) is 0 Å². The van der Waals surface area contributed by atoms with Crippen molar-refractivity contribution in [2.75, 3.05) is 7.05 Å². The number of halogens is 2. The minimum absolute atomic E-state index is 0.00227. The van der Waals surface area contributed by atoms with E-state index in [9.17, 15) is 0 Å². The number of aliphatic hydroxyl groups is 2. The lowest BCUT2D eigenvalue weighted by atomic mass is 9.83. The van der Waals surface area contributed by atoms with Crippen LogP contribution in [-0.2, 0) is 18.5 Å². The van der Waals surface area contributed by atoms with Crippen molar-refractivity contribution in [2.24, 2.45) is 5.92 Å². The molecular formula is C34H43BrIN7O2. The highest BCUT2D eigenvalue weighted by atomic mass is 127. The minimum atomic E-state index is -0.00227. The van der Waals surface area contributed by atoms with Gasteiger partial charge in [0, 0.05) is 20.5 Å². The van der Waals surface area contributed by atoms with E-state index in [0.29, 0.717) is 0 Å². The maximum Gasteiger partial charge on any atom is 0.0911 e. The van der Waals surface area contributed by atoms with Crippen molar-refractivity contribution in [3.8, 4) is 11.4 Å². The minimum Gasteiger partial charge on any atom is -0.392 e. The van der Waals surface area contributed by atoms with Gasteiger partial charge < -0.3 is 15.5 Å². The van der Waals surface area contributed by atoms with Crippen LogP contribution in [0.1, 0.15) is 55.7 Å². The Morgan fingerprint density at radius 3 is 1.64 bits per heavy atom. The number of nitrogens with one attached hydrogen (secondary N) is 1. The highest BCUT2D eigenvalue weighted by Crippen LogP contribution is 2.26. The van der Waals surface area contributed by atoms with Crippen LogP contribution in [0.5, 0.6) is 0 Å². The van der Waals surface area contributed by atoms with Gasteiger partial charge in [-0.25, -0.2) is 0 Å². The Morgan fingerprint density at radius 1 is 0.733 bits per heavy atom. The van der Waals surface area contributed by atoms with E-state index >= 15 is 0 Å². The Labute approximate surface area is 288 Å². The van der Waals surface area contributed by atoms with Crippen LogP contribution in [0.3, 0.4) is 0 Å². The van der Waals surface area contributed by atoms with Crippen molar-refractivity contribution in [3.05, 3.63) is 118 Å². The zero-order chi connectivity index (χ0) is 32.3. The molecule has 1 fully saturated rings. The number of aliphatic hydroxyl groups excluding tert-OH is 2. The lowest BCUT2D eigenvalue weighted by molar-refractivity contribution is 0.267. The lowest BCUT2D eigenvalue weighted by Crippen LogP contribution is -2.35. The molecule has 11 heteroatoms. The van der Waals surface area contributed by atoms with Crippen LogP contribution in [0.15, 0.2) is 97.6 Å².